The first-order chi connectivity index (χ1) is 14.0. The van der Waals surface area contributed by atoms with Crippen molar-refractivity contribution in [3.63, 3.8) is 0 Å². The number of aromatic nitrogens is 2. The summed E-state index contributed by atoms with van der Waals surface area (Å²) in [6, 6.07) is 9.76. The summed E-state index contributed by atoms with van der Waals surface area (Å²) in [6.07, 6.45) is 7.81. The first kappa shape index (κ1) is 20.6. The van der Waals surface area contributed by atoms with Crippen LogP contribution >= 0.6 is 0 Å². The summed E-state index contributed by atoms with van der Waals surface area (Å²) in [4.78, 5) is 16.5. The van der Waals surface area contributed by atoms with Gasteiger partial charge in [-0.05, 0) is 30.7 Å². The highest BCUT2D eigenvalue weighted by Gasteiger charge is 2.22. The van der Waals surface area contributed by atoms with Crippen molar-refractivity contribution in [2.45, 2.75) is 24.7 Å². The lowest BCUT2D eigenvalue weighted by Gasteiger charge is -2.09. The Morgan fingerprint density at radius 3 is 2.66 bits per heavy atom. The number of hydrogen-bond acceptors (Lipinski definition) is 6. The number of pyridine rings is 1. The highest BCUT2D eigenvalue weighted by molar-refractivity contribution is 7.90. The number of ether oxygens (including phenoxy) is 2. The summed E-state index contributed by atoms with van der Waals surface area (Å²) in [5.74, 6) is -0.612. The van der Waals surface area contributed by atoms with Gasteiger partial charge < -0.3 is 9.47 Å². The molecule has 0 N–H and O–H groups in total. The maximum Gasteiger partial charge on any atom is 0.357 e. The minimum atomic E-state index is -3.81. The van der Waals surface area contributed by atoms with Crippen molar-refractivity contribution in [1.82, 2.24) is 8.96 Å². The smallest absolute Gasteiger partial charge is 0.357 e. The van der Waals surface area contributed by atoms with Crippen LogP contribution in [0.15, 0.2) is 59.9 Å². The van der Waals surface area contributed by atoms with Gasteiger partial charge in [-0.2, -0.15) is 0 Å². The van der Waals surface area contributed by atoms with Crippen molar-refractivity contribution in [3.8, 4) is 0 Å². The van der Waals surface area contributed by atoms with E-state index in [1.807, 2.05) is 0 Å². The van der Waals surface area contributed by atoms with Gasteiger partial charge in [-0.3, -0.25) is 0 Å². The van der Waals surface area contributed by atoms with E-state index in [0.717, 1.165) is 16.8 Å². The van der Waals surface area contributed by atoms with E-state index in [4.69, 9.17) is 9.47 Å². The first-order valence-corrected chi connectivity index (χ1v) is 10.6. The molecule has 3 aromatic rings. The zero-order valence-corrected chi connectivity index (χ0v) is 17.1. The number of unbranched alkanes of at least 4 members (excludes halogenated alkanes) is 1. The number of fused-ring (bicyclic) bond motifs is 1. The van der Waals surface area contributed by atoms with Crippen molar-refractivity contribution in [2.24, 2.45) is 0 Å². The molecule has 0 spiro atoms. The molecule has 0 aliphatic heterocycles. The van der Waals surface area contributed by atoms with Crippen LogP contribution < -0.4 is 0 Å². The largest absolute Gasteiger partial charge is 0.501 e. The van der Waals surface area contributed by atoms with Crippen LogP contribution in [-0.4, -0.2) is 37.1 Å². The van der Waals surface area contributed by atoms with E-state index in [1.165, 1.54) is 37.9 Å². The highest BCUT2D eigenvalue weighted by Crippen LogP contribution is 2.27. The fraction of sp³-hybridized carbons (Fsp3) is 0.238. The van der Waals surface area contributed by atoms with Crippen LogP contribution in [0.25, 0.3) is 17.0 Å². The average molecular weight is 414 g/mol. The molecule has 2 aromatic heterocycles. The number of esters is 1. The Balaban J connectivity index is 2.11. The summed E-state index contributed by atoms with van der Waals surface area (Å²) in [7, 11) is -2.54. The molecule has 7 nitrogen and oxygen atoms in total. The molecule has 2 heterocycles. The molecular weight excluding hydrogens is 392 g/mol. The van der Waals surface area contributed by atoms with E-state index in [-0.39, 0.29) is 10.6 Å². The Morgan fingerprint density at radius 1 is 1.21 bits per heavy atom. The fourth-order valence-corrected chi connectivity index (χ4v) is 4.21. The Labute approximate surface area is 169 Å². The Hall–Kier alpha value is -3.13. The monoisotopic (exact) mass is 414 g/mol. The Kier molecular flexibility index (Phi) is 6.33. The lowest BCUT2D eigenvalue weighted by molar-refractivity contribution is 0.0594. The molecular formula is C21H22N2O5S. The molecule has 152 valence electrons. The van der Waals surface area contributed by atoms with Gasteiger partial charge in [0.25, 0.3) is 10.0 Å². The normalized spacial score (nSPS) is 11.8. The number of hydrogen-bond donors (Lipinski definition) is 0. The van der Waals surface area contributed by atoms with Gasteiger partial charge in [0.15, 0.2) is 5.69 Å². The maximum atomic E-state index is 13.0. The Morgan fingerprint density at radius 2 is 1.97 bits per heavy atom. The molecule has 0 radical (unpaired) electrons. The predicted molar refractivity (Wildman–Crippen MR) is 110 cm³/mol. The van der Waals surface area contributed by atoms with Crippen molar-refractivity contribution >= 4 is 33.0 Å². The zero-order chi connectivity index (χ0) is 20.9. The molecule has 29 heavy (non-hydrogen) atoms. The number of methoxy groups -OCH3 is 1. The maximum absolute atomic E-state index is 13.0. The van der Waals surface area contributed by atoms with Gasteiger partial charge >= 0.3 is 5.97 Å². The zero-order valence-electron chi connectivity index (χ0n) is 16.2. The third kappa shape index (κ3) is 4.17. The van der Waals surface area contributed by atoms with Crippen molar-refractivity contribution in [2.75, 3.05) is 13.7 Å². The van der Waals surface area contributed by atoms with Crippen LogP contribution in [0.3, 0.4) is 0 Å². The van der Waals surface area contributed by atoms with E-state index >= 15 is 0 Å². The summed E-state index contributed by atoms with van der Waals surface area (Å²) in [5.41, 5.74) is 0.882. The molecule has 0 bridgehead atoms. The third-order valence-electron chi connectivity index (χ3n) is 4.38. The predicted octanol–water partition coefficient (Wildman–Crippen LogP) is 3.85. The van der Waals surface area contributed by atoms with E-state index in [2.05, 4.69) is 11.9 Å². The number of rotatable bonds is 8. The molecule has 0 aliphatic rings. The standard InChI is InChI=1S/C21H22N2O5S/c1-3-4-13-28-14-11-18-17-10-12-23(19(17)15-22-20(18)21(24)27-2)29(25,26)16-8-6-5-7-9-16/h5-12,14-15H,3-4,13H2,1-2H3/b14-11+. The van der Waals surface area contributed by atoms with Crippen LogP contribution in [0, 0.1) is 0 Å². The molecule has 3 rings (SSSR count). The topological polar surface area (TPSA) is 87.5 Å². The number of nitrogens with zero attached hydrogens (tertiary/aromatic N) is 2. The van der Waals surface area contributed by atoms with Gasteiger partial charge in [0.05, 0.1) is 36.6 Å². The van der Waals surface area contributed by atoms with E-state index in [1.54, 1.807) is 30.3 Å². The second-order valence-electron chi connectivity index (χ2n) is 6.27. The molecule has 0 fully saturated rings. The molecule has 0 atom stereocenters. The van der Waals surface area contributed by atoms with Crippen molar-refractivity contribution in [3.05, 3.63) is 66.3 Å². The van der Waals surface area contributed by atoms with Gasteiger partial charge in [-0.1, -0.05) is 31.5 Å². The lowest BCUT2D eigenvalue weighted by atomic mass is 10.1. The number of benzene rings is 1. The molecule has 0 aliphatic carbocycles. The van der Waals surface area contributed by atoms with Crippen molar-refractivity contribution < 1.29 is 22.7 Å². The molecule has 0 saturated heterocycles. The van der Waals surface area contributed by atoms with Crippen molar-refractivity contribution in [1.29, 1.82) is 0 Å². The van der Waals surface area contributed by atoms with E-state index in [0.29, 0.717) is 23.1 Å². The summed E-state index contributed by atoms with van der Waals surface area (Å²) < 4.78 is 37.5. The summed E-state index contributed by atoms with van der Waals surface area (Å²) in [6.45, 7) is 2.61. The minimum absolute atomic E-state index is 0.0881. The Bertz CT molecular complexity index is 1130. The quantitative estimate of drug-likeness (QED) is 0.316. The summed E-state index contributed by atoms with van der Waals surface area (Å²) in [5, 5.41) is 0.551. The second-order valence-corrected chi connectivity index (χ2v) is 8.08. The van der Waals surface area contributed by atoms with Crippen LogP contribution in [0.1, 0.15) is 35.8 Å². The van der Waals surface area contributed by atoms with Gasteiger partial charge in [-0.15, -0.1) is 0 Å². The average Bonchev–Trinajstić information content (AvgIpc) is 3.19. The number of carbonyl (C=O) groups is 1. The van der Waals surface area contributed by atoms with Gasteiger partial charge in [-0.25, -0.2) is 22.2 Å². The molecule has 1 aromatic carbocycles. The molecule has 8 heteroatoms. The van der Waals surface area contributed by atoms with Gasteiger partial charge in [0.1, 0.15) is 0 Å². The minimum Gasteiger partial charge on any atom is -0.501 e. The molecule has 0 unspecified atom stereocenters. The second kappa shape index (κ2) is 8.91. The van der Waals surface area contributed by atoms with Crippen LogP contribution in [0.2, 0.25) is 0 Å². The molecule has 0 saturated carbocycles. The SMILES string of the molecule is CCCCO/C=C/c1c(C(=O)OC)ncc2c1ccn2S(=O)(=O)c1ccccc1. The van der Waals surface area contributed by atoms with Crippen LogP contribution in [0.5, 0.6) is 0 Å². The molecule has 0 amide bonds. The van der Waals surface area contributed by atoms with Gasteiger partial charge in [0.2, 0.25) is 0 Å². The van der Waals surface area contributed by atoms with Crippen LogP contribution in [-0.2, 0) is 19.5 Å². The van der Waals surface area contributed by atoms with E-state index < -0.39 is 16.0 Å². The number of carbonyl (C=O) groups excluding carboxylic acids is 1. The van der Waals surface area contributed by atoms with Crippen LogP contribution in [0.4, 0.5) is 0 Å². The summed E-state index contributed by atoms with van der Waals surface area (Å²) >= 11 is 0. The highest BCUT2D eigenvalue weighted by atomic mass is 32.2. The third-order valence-corrected chi connectivity index (χ3v) is 6.08. The fourth-order valence-electron chi connectivity index (χ4n) is 2.86. The van der Waals surface area contributed by atoms with Gasteiger partial charge in [0, 0.05) is 17.1 Å². The first-order valence-electron chi connectivity index (χ1n) is 9.17. The lowest BCUT2D eigenvalue weighted by Crippen LogP contribution is -2.12. The van der Waals surface area contributed by atoms with E-state index in [9.17, 15) is 13.2 Å².